The van der Waals surface area contributed by atoms with Crippen LogP contribution in [0.1, 0.15) is 26.3 Å². The van der Waals surface area contributed by atoms with Crippen LogP contribution in [0.25, 0.3) is 34.3 Å². The third kappa shape index (κ3) is 5.66. The Hall–Kier alpha value is -3.74. The maximum absolute atomic E-state index is 14.8. The number of aromatic nitrogens is 4. The molecule has 4 rings (SSSR count). The minimum Gasteiger partial charge on any atom is -0.414 e. The van der Waals surface area contributed by atoms with Crippen molar-refractivity contribution in [2.24, 2.45) is 0 Å². The normalized spacial score (nSPS) is 12.7. The summed E-state index contributed by atoms with van der Waals surface area (Å²) in [7, 11) is -3.41. The molecule has 2 aromatic carbocycles. The van der Waals surface area contributed by atoms with Crippen LogP contribution in [0.2, 0.25) is 0 Å². The number of hydrogen-bond acceptors (Lipinski definition) is 10. The van der Waals surface area contributed by atoms with Crippen molar-refractivity contribution in [2.45, 2.75) is 43.5 Å². The van der Waals surface area contributed by atoms with Crippen LogP contribution >= 0.6 is 0 Å². The maximum Gasteiger partial charge on any atom is 0.270 e. The molecule has 0 saturated heterocycles. The molecule has 37 heavy (non-hydrogen) atoms. The second-order valence-corrected chi connectivity index (χ2v) is 11.3. The smallest absolute Gasteiger partial charge is 0.270 e. The zero-order valence-electron chi connectivity index (χ0n) is 20.5. The van der Waals surface area contributed by atoms with Crippen LogP contribution in [-0.4, -0.2) is 51.6 Å². The Morgan fingerprint density at radius 1 is 1.08 bits per heavy atom. The molecule has 0 aliphatic rings. The van der Waals surface area contributed by atoms with Crippen LogP contribution in [-0.2, 0) is 16.4 Å². The molecule has 0 saturated carbocycles. The highest BCUT2D eigenvalue weighted by Crippen LogP contribution is 2.30. The molecule has 0 amide bonds. The predicted molar refractivity (Wildman–Crippen MR) is 136 cm³/mol. The van der Waals surface area contributed by atoms with Gasteiger partial charge in [0.1, 0.15) is 5.82 Å². The Labute approximate surface area is 213 Å². The second kappa shape index (κ2) is 10.7. The molecule has 10 nitrogen and oxygen atoms in total. The summed E-state index contributed by atoms with van der Waals surface area (Å²) in [6.07, 6.45) is 1.45. The summed E-state index contributed by atoms with van der Waals surface area (Å²) < 4.78 is 45.2. The first kappa shape index (κ1) is 26.3. The van der Waals surface area contributed by atoms with Gasteiger partial charge in [-0.05, 0) is 50.6 Å². The maximum atomic E-state index is 14.8. The fourth-order valence-corrected chi connectivity index (χ4v) is 4.47. The van der Waals surface area contributed by atoms with E-state index in [1.165, 1.54) is 30.5 Å². The molecule has 0 spiro atoms. The van der Waals surface area contributed by atoms with E-state index in [4.69, 9.17) is 15.3 Å². The van der Waals surface area contributed by atoms with E-state index < -0.39 is 20.9 Å². The predicted octanol–water partition coefficient (Wildman–Crippen LogP) is 3.23. The van der Waals surface area contributed by atoms with Gasteiger partial charge in [0.2, 0.25) is 0 Å². The average molecular weight is 527 g/mol. The molecule has 4 N–H and O–H groups in total. The summed E-state index contributed by atoms with van der Waals surface area (Å²) in [4.78, 5) is 8.84. The SMILES string of the molecule is CC(C)S(=O)(=O)c1ccc(-c2cnc(N)c(-c3nnc(-c4ccc(CN[C@@H](C)CO)cc4F)o3)n2)cc1. The lowest BCUT2D eigenvalue weighted by atomic mass is 10.1. The van der Waals surface area contributed by atoms with Gasteiger partial charge < -0.3 is 20.6 Å². The highest BCUT2D eigenvalue weighted by Gasteiger charge is 2.21. The van der Waals surface area contributed by atoms with E-state index in [-0.39, 0.29) is 46.4 Å². The Balaban J connectivity index is 1.59. The largest absolute Gasteiger partial charge is 0.414 e. The van der Waals surface area contributed by atoms with E-state index in [9.17, 15) is 12.8 Å². The van der Waals surface area contributed by atoms with Crippen molar-refractivity contribution in [1.82, 2.24) is 25.5 Å². The summed E-state index contributed by atoms with van der Waals surface area (Å²) in [5, 5.41) is 19.6. The molecule has 0 aliphatic heterocycles. The molecule has 194 valence electrons. The lowest BCUT2D eigenvalue weighted by molar-refractivity contribution is 0.251. The van der Waals surface area contributed by atoms with Gasteiger partial charge in [-0.2, -0.15) is 0 Å². The van der Waals surface area contributed by atoms with E-state index in [1.807, 2.05) is 6.92 Å². The molecule has 0 unspecified atom stereocenters. The Morgan fingerprint density at radius 2 is 1.78 bits per heavy atom. The Bertz CT molecular complexity index is 1510. The first-order chi connectivity index (χ1) is 17.6. The lowest BCUT2D eigenvalue weighted by Gasteiger charge is -2.11. The van der Waals surface area contributed by atoms with Crippen LogP contribution in [0.5, 0.6) is 0 Å². The third-order valence-electron chi connectivity index (χ3n) is 5.72. The summed E-state index contributed by atoms with van der Waals surface area (Å²) in [5.74, 6) is -0.596. The van der Waals surface area contributed by atoms with Crippen LogP contribution in [0.15, 0.2) is 58.0 Å². The van der Waals surface area contributed by atoms with Gasteiger partial charge in [-0.3, -0.25) is 0 Å². The number of nitrogens with zero attached hydrogens (tertiary/aromatic N) is 4. The molecule has 0 aliphatic carbocycles. The molecule has 0 bridgehead atoms. The number of sulfone groups is 1. The Kier molecular flexibility index (Phi) is 7.62. The van der Waals surface area contributed by atoms with Crippen molar-refractivity contribution in [3.8, 4) is 34.3 Å². The number of benzene rings is 2. The van der Waals surface area contributed by atoms with Gasteiger partial charge in [-0.25, -0.2) is 22.8 Å². The number of rotatable bonds is 9. The summed E-state index contributed by atoms with van der Waals surface area (Å²) in [5.41, 5.74) is 7.95. The molecule has 12 heteroatoms. The van der Waals surface area contributed by atoms with Gasteiger partial charge in [0.15, 0.2) is 21.3 Å². The van der Waals surface area contributed by atoms with Crippen LogP contribution in [0.4, 0.5) is 10.2 Å². The number of hydrogen-bond donors (Lipinski definition) is 3. The van der Waals surface area contributed by atoms with E-state index in [0.717, 1.165) is 0 Å². The minimum atomic E-state index is -3.41. The number of aliphatic hydroxyl groups is 1. The second-order valence-electron chi connectivity index (χ2n) is 8.80. The van der Waals surface area contributed by atoms with Crippen molar-refractivity contribution in [3.05, 3.63) is 60.0 Å². The highest BCUT2D eigenvalue weighted by molar-refractivity contribution is 7.92. The van der Waals surface area contributed by atoms with Crippen molar-refractivity contribution in [2.75, 3.05) is 12.3 Å². The molecular formula is C25H27FN6O4S. The van der Waals surface area contributed by atoms with Gasteiger partial charge in [-0.1, -0.05) is 18.2 Å². The number of halogens is 1. The van der Waals surface area contributed by atoms with Crippen molar-refractivity contribution >= 4 is 15.7 Å². The molecule has 0 radical (unpaired) electrons. The zero-order chi connectivity index (χ0) is 26.7. The summed E-state index contributed by atoms with van der Waals surface area (Å²) in [6.45, 7) is 5.43. The fraction of sp³-hybridized carbons (Fsp3) is 0.280. The number of nitrogen functional groups attached to an aromatic ring is 1. The van der Waals surface area contributed by atoms with E-state index in [1.54, 1.807) is 32.0 Å². The van der Waals surface area contributed by atoms with Crippen LogP contribution < -0.4 is 11.1 Å². The molecule has 2 aromatic heterocycles. The number of anilines is 1. The van der Waals surface area contributed by atoms with Crippen molar-refractivity contribution in [1.29, 1.82) is 0 Å². The van der Waals surface area contributed by atoms with Crippen molar-refractivity contribution in [3.63, 3.8) is 0 Å². The monoisotopic (exact) mass is 526 g/mol. The molecule has 2 heterocycles. The fourth-order valence-electron chi connectivity index (χ4n) is 3.41. The van der Waals surface area contributed by atoms with Gasteiger partial charge in [0.05, 0.1) is 34.2 Å². The van der Waals surface area contributed by atoms with Crippen molar-refractivity contribution < 1.29 is 22.3 Å². The molecule has 0 fully saturated rings. The number of nitrogens with one attached hydrogen (secondary N) is 1. The number of nitrogens with two attached hydrogens (primary N) is 1. The quantitative estimate of drug-likeness (QED) is 0.296. The Morgan fingerprint density at radius 3 is 2.43 bits per heavy atom. The van der Waals surface area contributed by atoms with E-state index in [0.29, 0.717) is 23.4 Å². The highest BCUT2D eigenvalue weighted by atomic mass is 32.2. The van der Waals surface area contributed by atoms with Gasteiger partial charge in [0.25, 0.3) is 11.8 Å². The molecule has 1 atom stereocenters. The zero-order valence-corrected chi connectivity index (χ0v) is 21.3. The topological polar surface area (TPSA) is 157 Å². The van der Waals surface area contributed by atoms with Gasteiger partial charge >= 0.3 is 0 Å². The van der Waals surface area contributed by atoms with Gasteiger partial charge in [-0.15, -0.1) is 10.2 Å². The molecular weight excluding hydrogens is 499 g/mol. The summed E-state index contributed by atoms with van der Waals surface area (Å²) in [6, 6.07) is 10.8. The van der Waals surface area contributed by atoms with Crippen LogP contribution in [0.3, 0.4) is 0 Å². The average Bonchev–Trinajstić information content (AvgIpc) is 3.37. The molecule has 4 aromatic rings. The first-order valence-electron chi connectivity index (χ1n) is 11.5. The third-order valence-corrected chi connectivity index (χ3v) is 7.89. The van der Waals surface area contributed by atoms with Crippen LogP contribution in [0, 0.1) is 5.82 Å². The minimum absolute atomic E-state index is 0.0239. The number of aliphatic hydroxyl groups excluding tert-OH is 1. The summed E-state index contributed by atoms with van der Waals surface area (Å²) >= 11 is 0. The lowest BCUT2D eigenvalue weighted by Crippen LogP contribution is -2.28. The van der Waals surface area contributed by atoms with Gasteiger partial charge in [0, 0.05) is 18.2 Å². The van der Waals surface area contributed by atoms with E-state index in [2.05, 4.69) is 25.5 Å². The first-order valence-corrected chi connectivity index (χ1v) is 13.1. The van der Waals surface area contributed by atoms with E-state index >= 15 is 0 Å². The standard InChI is InChI=1S/C25H27FN6O4S/c1-14(2)37(34,35)18-7-5-17(6-8-18)21-12-29-23(27)22(30-21)25-32-31-24(36-25)19-9-4-16(10-20(19)26)11-28-15(3)13-33/h4-10,12,14-15,28,33H,11,13H2,1-3H3,(H2,27,29)/t15-/m0/s1.